The molecule has 0 atom stereocenters. The van der Waals surface area contributed by atoms with Gasteiger partial charge in [0.25, 0.3) is 0 Å². The Morgan fingerprint density at radius 2 is 1.41 bits per heavy atom. The van der Waals surface area contributed by atoms with Crippen LogP contribution in [0.1, 0.15) is 148 Å². The molecule has 1 N–H and O–H groups in total. The van der Waals surface area contributed by atoms with E-state index in [0.29, 0.717) is 30.8 Å². The van der Waals surface area contributed by atoms with Gasteiger partial charge in [-0.2, -0.15) is 0 Å². The normalized spacial score (nSPS) is 13.1. The lowest BCUT2D eigenvalue weighted by atomic mass is 9.79. The Labute approximate surface area is 199 Å². The van der Waals surface area contributed by atoms with E-state index in [1.165, 1.54) is 35.1 Å². The predicted octanol–water partition coefficient (Wildman–Crippen LogP) is 9.11. The molecule has 0 heterocycles. The number of hydrogen-bond acceptors (Lipinski definition) is 3. The number of unbranched alkanes of at least 4 members (excludes halogenated alkanes) is 2. The molecule has 0 aromatic heterocycles. The molecule has 1 aromatic carbocycles. The SMILES string of the molecule is CCCCCC(C)(C)OOC(CC)(CC)c1cc(C(C)C)c(C[C](O)CC)c(C(C)C)c1. The zero-order valence-corrected chi connectivity index (χ0v) is 22.7. The van der Waals surface area contributed by atoms with E-state index in [1.807, 2.05) is 6.92 Å². The van der Waals surface area contributed by atoms with E-state index in [4.69, 9.17) is 9.78 Å². The minimum atomic E-state index is -0.482. The van der Waals surface area contributed by atoms with Crippen LogP contribution in [0.3, 0.4) is 0 Å². The number of hydrogen-bond donors (Lipinski definition) is 1. The summed E-state index contributed by atoms with van der Waals surface area (Å²) in [4.78, 5) is 12.5. The molecular formula is C29H51O3. The van der Waals surface area contributed by atoms with Gasteiger partial charge in [0.1, 0.15) is 5.60 Å². The van der Waals surface area contributed by atoms with Crippen molar-refractivity contribution in [3.63, 3.8) is 0 Å². The third-order valence-electron chi connectivity index (χ3n) is 6.83. The van der Waals surface area contributed by atoms with Crippen molar-refractivity contribution in [2.75, 3.05) is 0 Å². The Morgan fingerprint density at radius 1 is 0.875 bits per heavy atom. The Balaban J connectivity index is 3.42. The topological polar surface area (TPSA) is 38.7 Å². The summed E-state index contributed by atoms with van der Waals surface area (Å²) in [6.45, 7) is 21.8. The van der Waals surface area contributed by atoms with Gasteiger partial charge in [-0.3, -0.25) is 0 Å². The van der Waals surface area contributed by atoms with Gasteiger partial charge < -0.3 is 5.11 Å². The van der Waals surface area contributed by atoms with E-state index in [-0.39, 0.29) is 5.60 Å². The fourth-order valence-corrected chi connectivity index (χ4v) is 4.40. The summed E-state index contributed by atoms with van der Waals surface area (Å²) in [5.41, 5.74) is 4.30. The highest BCUT2D eigenvalue weighted by Crippen LogP contribution is 2.40. The van der Waals surface area contributed by atoms with E-state index in [9.17, 15) is 5.11 Å². The number of aliphatic hydroxyl groups is 1. The standard InChI is InChI=1S/C29H51O3/c1-11-15-16-17-28(9,10)31-32-29(13-3,14-4)23-18-25(21(5)6)27(20-24(30)12-2)26(19-23)22(7)8/h18-19,21-22,30H,11-17,20H2,1-10H3. The van der Waals surface area contributed by atoms with Crippen LogP contribution in [0.2, 0.25) is 0 Å². The van der Waals surface area contributed by atoms with Crippen molar-refractivity contribution in [1.82, 2.24) is 0 Å². The summed E-state index contributed by atoms with van der Waals surface area (Å²) in [5.74, 6) is 0.731. The molecule has 32 heavy (non-hydrogen) atoms. The predicted molar refractivity (Wildman–Crippen MR) is 136 cm³/mol. The van der Waals surface area contributed by atoms with E-state index in [2.05, 4.69) is 74.4 Å². The highest BCUT2D eigenvalue weighted by atomic mass is 17.2. The van der Waals surface area contributed by atoms with Gasteiger partial charge in [0.15, 0.2) is 0 Å². The summed E-state index contributed by atoms with van der Waals surface area (Å²) in [6.07, 6.45) is 8.12. The van der Waals surface area contributed by atoms with Crippen molar-refractivity contribution >= 4 is 0 Å². The lowest BCUT2D eigenvalue weighted by Crippen LogP contribution is -2.35. The molecule has 0 unspecified atom stereocenters. The zero-order valence-electron chi connectivity index (χ0n) is 22.7. The second kappa shape index (κ2) is 13.1. The molecule has 0 amide bonds. The maximum Gasteiger partial charge on any atom is 0.128 e. The fourth-order valence-electron chi connectivity index (χ4n) is 4.40. The van der Waals surface area contributed by atoms with Crippen LogP contribution in [0.25, 0.3) is 0 Å². The lowest BCUT2D eigenvalue weighted by Gasteiger charge is -2.36. The smallest absolute Gasteiger partial charge is 0.128 e. The maximum atomic E-state index is 10.4. The van der Waals surface area contributed by atoms with Gasteiger partial charge in [0.2, 0.25) is 0 Å². The van der Waals surface area contributed by atoms with Crippen molar-refractivity contribution in [3.8, 4) is 0 Å². The van der Waals surface area contributed by atoms with Gasteiger partial charge in [-0.25, -0.2) is 9.78 Å². The van der Waals surface area contributed by atoms with E-state index in [0.717, 1.165) is 25.7 Å². The van der Waals surface area contributed by atoms with Crippen LogP contribution >= 0.6 is 0 Å². The van der Waals surface area contributed by atoms with E-state index in [1.54, 1.807) is 0 Å². The van der Waals surface area contributed by atoms with Crippen molar-refractivity contribution < 1.29 is 14.9 Å². The maximum absolute atomic E-state index is 10.4. The zero-order chi connectivity index (χ0) is 24.5. The number of benzene rings is 1. The quantitative estimate of drug-likeness (QED) is 0.165. The fraction of sp³-hybridized carbons (Fsp3) is 0.759. The molecule has 0 spiro atoms. The van der Waals surface area contributed by atoms with Crippen molar-refractivity contribution in [3.05, 3.63) is 40.5 Å². The summed E-state index contributed by atoms with van der Waals surface area (Å²) in [6, 6.07) is 4.63. The molecule has 0 aliphatic rings. The lowest BCUT2D eigenvalue weighted by molar-refractivity contribution is -0.415. The summed E-state index contributed by atoms with van der Waals surface area (Å²) in [7, 11) is 0. The van der Waals surface area contributed by atoms with Gasteiger partial charge in [0.05, 0.1) is 11.7 Å². The van der Waals surface area contributed by atoms with Gasteiger partial charge >= 0.3 is 0 Å². The Bertz CT molecular complexity index is 642. The molecule has 0 aliphatic heterocycles. The van der Waals surface area contributed by atoms with Crippen molar-refractivity contribution in [2.24, 2.45) is 0 Å². The highest BCUT2D eigenvalue weighted by molar-refractivity contribution is 5.45. The molecule has 0 saturated heterocycles. The van der Waals surface area contributed by atoms with Crippen LogP contribution < -0.4 is 0 Å². The van der Waals surface area contributed by atoms with Crippen molar-refractivity contribution in [1.29, 1.82) is 0 Å². The second-order valence-electron chi connectivity index (χ2n) is 10.6. The monoisotopic (exact) mass is 447 g/mol. The molecule has 3 heteroatoms. The first-order valence-electron chi connectivity index (χ1n) is 13.0. The van der Waals surface area contributed by atoms with Crippen LogP contribution in [-0.4, -0.2) is 10.7 Å². The third-order valence-corrected chi connectivity index (χ3v) is 6.83. The van der Waals surface area contributed by atoms with Gasteiger partial charge in [-0.1, -0.05) is 86.8 Å². The summed E-state index contributed by atoms with van der Waals surface area (Å²) < 4.78 is 0. The molecule has 185 valence electrons. The van der Waals surface area contributed by atoms with Gasteiger partial charge in [0, 0.05) is 6.42 Å². The van der Waals surface area contributed by atoms with Gasteiger partial charge in [-0.05, 0) is 73.6 Å². The summed E-state index contributed by atoms with van der Waals surface area (Å²) in [5, 5.41) is 10.4. The molecule has 3 nitrogen and oxygen atoms in total. The Hall–Kier alpha value is -0.900. The average molecular weight is 448 g/mol. The van der Waals surface area contributed by atoms with Crippen LogP contribution in [-0.2, 0) is 21.8 Å². The summed E-state index contributed by atoms with van der Waals surface area (Å²) >= 11 is 0. The molecule has 1 radical (unpaired) electrons. The molecule has 1 rings (SSSR count). The first-order chi connectivity index (χ1) is 15.0. The van der Waals surface area contributed by atoms with Gasteiger partial charge in [-0.15, -0.1) is 0 Å². The number of rotatable bonds is 15. The first-order valence-corrected chi connectivity index (χ1v) is 13.0. The van der Waals surface area contributed by atoms with E-state index < -0.39 is 5.60 Å². The van der Waals surface area contributed by atoms with Crippen LogP contribution in [0.5, 0.6) is 0 Å². The molecule has 1 aromatic rings. The molecule has 0 saturated carbocycles. The molecule has 0 aliphatic carbocycles. The Morgan fingerprint density at radius 3 is 1.81 bits per heavy atom. The second-order valence-corrected chi connectivity index (χ2v) is 10.6. The highest BCUT2D eigenvalue weighted by Gasteiger charge is 2.35. The minimum Gasteiger partial charge on any atom is -0.387 e. The largest absolute Gasteiger partial charge is 0.387 e. The number of aliphatic hydroxyl groups excluding tert-OH is 1. The van der Waals surface area contributed by atoms with Crippen LogP contribution in [0.15, 0.2) is 12.1 Å². The first kappa shape index (κ1) is 29.1. The molecular weight excluding hydrogens is 396 g/mol. The average Bonchev–Trinajstić information content (AvgIpc) is 2.74. The Kier molecular flexibility index (Phi) is 11.9. The van der Waals surface area contributed by atoms with Crippen LogP contribution in [0.4, 0.5) is 0 Å². The van der Waals surface area contributed by atoms with E-state index >= 15 is 0 Å². The minimum absolute atomic E-state index is 0.311. The molecule has 0 fully saturated rings. The third kappa shape index (κ3) is 7.85. The van der Waals surface area contributed by atoms with Crippen molar-refractivity contribution in [2.45, 2.75) is 144 Å². The molecule has 0 bridgehead atoms. The van der Waals surface area contributed by atoms with Crippen LogP contribution in [0, 0.1) is 6.10 Å².